The van der Waals surface area contributed by atoms with Crippen molar-refractivity contribution >= 4 is 23.7 Å². The number of carbonyl (C=O) groups excluding carboxylic acids is 1. The SMILES string of the molecule is CCN/C=C(\C=N)C(=O)/C(=C/C(=N)F)Nc1ccc(F)cc1C1OCCO1. The number of halogens is 2. The minimum Gasteiger partial charge on any atom is -0.391 e. The molecule has 1 aliphatic heterocycles. The van der Waals surface area contributed by atoms with E-state index in [2.05, 4.69) is 10.6 Å². The third-order valence-electron chi connectivity index (χ3n) is 3.55. The largest absolute Gasteiger partial charge is 0.391 e. The highest BCUT2D eigenvalue weighted by molar-refractivity contribution is 6.22. The van der Waals surface area contributed by atoms with Crippen LogP contribution in [0.5, 0.6) is 0 Å². The molecular formula is C18H20F2N4O3. The number of hydrogen-bond donors (Lipinski definition) is 4. The van der Waals surface area contributed by atoms with E-state index >= 15 is 0 Å². The molecule has 4 N–H and O–H groups in total. The lowest BCUT2D eigenvalue weighted by Crippen LogP contribution is -2.19. The monoisotopic (exact) mass is 378 g/mol. The maximum Gasteiger partial charge on any atom is 0.212 e. The van der Waals surface area contributed by atoms with E-state index in [1.165, 1.54) is 18.3 Å². The molecule has 0 aliphatic carbocycles. The summed E-state index contributed by atoms with van der Waals surface area (Å²) >= 11 is 0. The van der Waals surface area contributed by atoms with E-state index in [0.717, 1.165) is 12.3 Å². The number of allylic oxidation sites excluding steroid dienone is 2. The van der Waals surface area contributed by atoms with Gasteiger partial charge in [0, 0.05) is 36.3 Å². The summed E-state index contributed by atoms with van der Waals surface area (Å²) in [6.07, 6.45) is 2.00. The maximum atomic E-state index is 13.7. The van der Waals surface area contributed by atoms with Gasteiger partial charge in [-0.1, -0.05) is 0 Å². The van der Waals surface area contributed by atoms with E-state index in [9.17, 15) is 13.6 Å². The van der Waals surface area contributed by atoms with Gasteiger partial charge in [0.2, 0.25) is 11.7 Å². The fourth-order valence-electron chi connectivity index (χ4n) is 2.35. The minimum atomic E-state index is -1.35. The number of rotatable bonds is 9. The van der Waals surface area contributed by atoms with E-state index in [-0.39, 0.29) is 17.0 Å². The van der Waals surface area contributed by atoms with Crippen molar-refractivity contribution in [2.75, 3.05) is 25.1 Å². The lowest BCUT2D eigenvalue weighted by atomic mass is 10.1. The highest BCUT2D eigenvalue weighted by atomic mass is 19.1. The zero-order valence-corrected chi connectivity index (χ0v) is 14.6. The van der Waals surface area contributed by atoms with Gasteiger partial charge in [-0.25, -0.2) is 4.39 Å². The first-order chi connectivity index (χ1) is 13.0. The second-order valence-electron chi connectivity index (χ2n) is 5.47. The summed E-state index contributed by atoms with van der Waals surface area (Å²) in [7, 11) is 0. The van der Waals surface area contributed by atoms with Gasteiger partial charge in [-0.15, -0.1) is 0 Å². The summed E-state index contributed by atoms with van der Waals surface area (Å²) in [6, 6.07) is 3.71. The molecule has 0 spiro atoms. The molecule has 1 aromatic rings. The van der Waals surface area contributed by atoms with Gasteiger partial charge < -0.3 is 25.5 Å². The van der Waals surface area contributed by atoms with Crippen molar-refractivity contribution in [3.63, 3.8) is 0 Å². The van der Waals surface area contributed by atoms with Gasteiger partial charge in [-0.3, -0.25) is 10.2 Å². The lowest BCUT2D eigenvalue weighted by molar-refractivity contribution is -0.111. The van der Waals surface area contributed by atoms with Gasteiger partial charge in [0.15, 0.2) is 6.29 Å². The predicted octanol–water partition coefficient (Wildman–Crippen LogP) is 2.83. The summed E-state index contributed by atoms with van der Waals surface area (Å²) in [5.74, 6) is -2.59. The molecule has 144 valence electrons. The van der Waals surface area contributed by atoms with E-state index < -0.39 is 23.9 Å². The average Bonchev–Trinajstić information content (AvgIpc) is 3.17. The Labute approximate surface area is 155 Å². The van der Waals surface area contributed by atoms with E-state index in [4.69, 9.17) is 20.3 Å². The molecule has 1 heterocycles. The molecule has 1 saturated heterocycles. The van der Waals surface area contributed by atoms with Crippen molar-refractivity contribution in [2.24, 2.45) is 0 Å². The van der Waals surface area contributed by atoms with Gasteiger partial charge in [0.05, 0.1) is 24.5 Å². The fraction of sp³-hybridized carbons (Fsp3) is 0.278. The van der Waals surface area contributed by atoms with Crippen LogP contribution in [0.15, 0.2) is 41.7 Å². The summed E-state index contributed by atoms with van der Waals surface area (Å²) in [4.78, 5) is 12.6. The fourth-order valence-corrected chi connectivity index (χ4v) is 2.35. The number of ether oxygens (including phenoxy) is 2. The molecule has 0 unspecified atom stereocenters. The Hall–Kier alpha value is -2.91. The number of anilines is 1. The highest BCUT2D eigenvalue weighted by Gasteiger charge is 2.24. The van der Waals surface area contributed by atoms with Crippen molar-refractivity contribution in [1.29, 1.82) is 10.8 Å². The Morgan fingerprint density at radius 2 is 2.07 bits per heavy atom. The van der Waals surface area contributed by atoms with Crippen LogP contribution in [-0.4, -0.2) is 37.7 Å². The third kappa shape index (κ3) is 5.53. The highest BCUT2D eigenvalue weighted by Crippen LogP contribution is 2.31. The first kappa shape index (κ1) is 20.4. The molecule has 0 saturated carbocycles. The quantitative estimate of drug-likeness (QED) is 0.390. The Bertz CT molecular complexity index is 787. The molecule has 0 amide bonds. The van der Waals surface area contributed by atoms with E-state index in [1.54, 1.807) is 6.92 Å². The van der Waals surface area contributed by atoms with Crippen LogP contribution in [0.25, 0.3) is 0 Å². The molecule has 9 heteroatoms. The maximum absolute atomic E-state index is 13.7. The lowest BCUT2D eigenvalue weighted by Gasteiger charge is -2.17. The van der Waals surface area contributed by atoms with Crippen LogP contribution in [-0.2, 0) is 14.3 Å². The van der Waals surface area contributed by atoms with E-state index in [1.807, 2.05) is 0 Å². The molecule has 1 fully saturated rings. The van der Waals surface area contributed by atoms with E-state index in [0.29, 0.717) is 31.4 Å². The van der Waals surface area contributed by atoms with Crippen LogP contribution in [0.1, 0.15) is 18.8 Å². The second kappa shape index (κ2) is 9.70. The molecule has 0 radical (unpaired) electrons. The number of benzene rings is 1. The zero-order chi connectivity index (χ0) is 19.8. The summed E-state index contributed by atoms with van der Waals surface area (Å²) in [5, 5.41) is 19.9. The average molecular weight is 378 g/mol. The molecule has 0 atom stereocenters. The van der Waals surface area contributed by atoms with Gasteiger partial charge in [0.1, 0.15) is 5.82 Å². The van der Waals surface area contributed by atoms with Gasteiger partial charge in [-0.2, -0.15) is 4.39 Å². The number of carbonyl (C=O) groups is 1. The summed E-state index contributed by atoms with van der Waals surface area (Å²) in [5.41, 5.74) is 0.218. The zero-order valence-electron chi connectivity index (χ0n) is 14.6. The van der Waals surface area contributed by atoms with Gasteiger partial charge in [-0.05, 0) is 25.1 Å². The van der Waals surface area contributed by atoms with Crippen molar-refractivity contribution in [2.45, 2.75) is 13.2 Å². The molecule has 2 rings (SSSR count). The second-order valence-corrected chi connectivity index (χ2v) is 5.47. The van der Waals surface area contributed by atoms with Gasteiger partial charge >= 0.3 is 0 Å². The smallest absolute Gasteiger partial charge is 0.212 e. The van der Waals surface area contributed by atoms with Crippen molar-refractivity contribution in [1.82, 2.24) is 5.32 Å². The standard InChI is InChI=1S/C18H20F2N4O3/c1-2-23-10-11(9-21)17(25)15(8-16(20)22)24-14-4-3-12(19)7-13(14)18-26-5-6-27-18/h3-4,7-10,18,21-24H,2,5-6H2,1H3/b11-10+,15-8-,21-9?,22-16?. The van der Waals surface area contributed by atoms with Crippen molar-refractivity contribution in [3.8, 4) is 0 Å². The van der Waals surface area contributed by atoms with Crippen molar-refractivity contribution in [3.05, 3.63) is 53.1 Å². The molecule has 0 bridgehead atoms. The minimum absolute atomic E-state index is 0.0473. The summed E-state index contributed by atoms with van der Waals surface area (Å²) in [6.45, 7) is 3.00. The van der Waals surface area contributed by atoms with Crippen LogP contribution in [0.4, 0.5) is 14.5 Å². The van der Waals surface area contributed by atoms with Crippen LogP contribution >= 0.6 is 0 Å². The Balaban J connectivity index is 2.38. The molecule has 7 nitrogen and oxygen atoms in total. The number of nitrogens with one attached hydrogen (secondary N) is 4. The normalized spacial score (nSPS) is 15.5. The number of hydrogen-bond acceptors (Lipinski definition) is 7. The van der Waals surface area contributed by atoms with Crippen molar-refractivity contribution < 1.29 is 23.0 Å². The number of Topliss-reactive ketones (excluding diaryl/α,β-unsaturated/α-hetero) is 1. The third-order valence-corrected chi connectivity index (χ3v) is 3.55. The van der Waals surface area contributed by atoms with Crippen LogP contribution in [0, 0.1) is 16.6 Å². The molecular weight excluding hydrogens is 358 g/mol. The van der Waals surface area contributed by atoms with Crippen LogP contribution in [0.3, 0.4) is 0 Å². The molecule has 0 aromatic heterocycles. The Morgan fingerprint density at radius 3 is 2.67 bits per heavy atom. The van der Waals surface area contributed by atoms with Crippen LogP contribution in [0.2, 0.25) is 0 Å². The number of ketones is 1. The molecule has 1 aromatic carbocycles. The van der Waals surface area contributed by atoms with Crippen LogP contribution < -0.4 is 10.6 Å². The predicted molar refractivity (Wildman–Crippen MR) is 97.1 cm³/mol. The molecule has 27 heavy (non-hydrogen) atoms. The summed E-state index contributed by atoms with van der Waals surface area (Å²) < 4.78 is 37.6. The Kier molecular flexibility index (Phi) is 7.33. The first-order valence-electron chi connectivity index (χ1n) is 8.20. The Morgan fingerprint density at radius 1 is 1.37 bits per heavy atom. The first-order valence-corrected chi connectivity index (χ1v) is 8.20. The topological polar surface area (TPSA) is 107 Å². The molecule has 1 aliphatic rings. The van der Waals surface area contributed by atoms with Gasteiger partial charge in [0.25, 0.3) is 0 Å².